The molecule has 72 valence electrons. The predicted molar refractivity (Wildman–Crippen MR) is 58.2 cm³/mol. The Kier molecular flexibility index (Phi) is 3.39. The Morgan fingerprint density at radius 2 is 2.54 bits per heavy atom. The zero-order valence-corrected chi connectivity index (χ0v) is 8.78. The summed E-state index contributed by atoms with van der Waals surface area (Å²) in [7, 11) is 0. The molecule has 0 aromatic carbocycles. The van der Waals surface area contributed by atoms with Gasteiger partial charge < -0.3 is 5.32 Å². The number of aryl methyl sites for hydroxylation is 1. The lowest BCUT2D eigenvalue weighted by Crippen LogP contribution is -2.29. The van der Waals surface area contributed by atoms with Gasteiger partial charge in [0, 0.05) is 4.88 Å². The van der Waals surface area contributed by atoms with Gasteiger partial charge in [-0.25, -0.2) is 0 Å². The third-order valence-corrected chi connectivity index (χ3v) is 3.71. The normalized spacial score (nSPS) is 23.2. The summed E-state index contributed by atoms with van der Waals surface area (Å²) < 4.78 is 0. The number of piperidine rings is 1. The van der Waals surface area contributed by atoms with Gasteiger partial charge in [0.15, 0.2) is 0 Å². The van der Waals surface area contributed by atoms with Gasteiger partial charge in [0.05, 0.1) is 0 Å². The molecular weight excluding hydrogens is 178 g/mol. The van der Waals surface area contributed by atoms with Crippen LogP contribution in [0.25, 0.3) is 0 Å². The molecule has 1 unspecified atom stereocenters. The van der Waals surface area contributed by atoms with E-state index >= 15 is 0 Å². The molecule has 1 fully saturated rings. The highest BCUT2D eigenvalue weighted by molar-refractivity contribution is 7.09. The van der Waals surface area contributed by atoms with Crippen LogP contribution in [0, 0.1) is 5.92 Å². The molecule has 1 N–H and O–H groups in total. The molecule has 0 aliphatic carbocycles. The van der Waals surface area contributed by atoms with Crippen molar-refractivity contribution in [2.24, 2.45) is 5.92 Å². The molecule has 2 heteroatoms. The first-order valence-electron chi connectivity index (χ1n) is 5.18. The van der Waals surface area contributed by atoms with Crippen LogP contribution in [0.3, 0.4) is 0 Å². The Morgan fingerprint density at radius 3 is 3.23 bits per heavy atom. The van der Waals surface area contributed by atoms with E-state index in [4.69, 9.17) is 0 Å². The van der Waals surface area contributed by atoms with E-state index in [9.17, 15) is 0 Å². The van der Waals surface area contributed by atoms with Gasteiger partial charge in [0.25, 0.3) is 0 Å². The zero-order valence-electron chi connectivity index (χ0n) is 7.96. The van der Waals surface area contributed by atoms with Crippen molar-refractivity contribution in [3.8, 4) is 0 Å². The molecule has 1 aliphatic heterocycles. The van der Waals surface area contributed by atoms with E-state index < -0.39 is 0 Å². The molecule has 2 heterocycles. The second-order valence-electron chi connectivity index (χ2n) is 3.83. The van der Waals surface area contributed by atoms with Crippen LogP contribution in [0.1, 0.15) is 24.1 Å². The molecule has 1 atom stereocenters. The fourth-order valence-corrected chi connectivity index (χ4v) is 2.70. The lowest BCUT2D eigenvalue weighted by atomic mass is 9.94. The van der Waals surface area contributed by atoms with E-state index in [1.807, 2.05) is 11.3 Å². The molecule has 1 nitrogen and oxygen atoms in total. The van der Waals surface area contributed by atoms with Gasteiger partial charge in [-0.05, 0) is 56.1 Å². The summed E-state index contributed by atoms with van der Waals surface area (Å²) in [6, 6.07) is 4.40. The highest BCUT2D eigenvalue weighted by Gasteiger charge is 2.12. The Hall–Kier alpha value is -0.340. The number of nitrogens with one attached hydrogen (secondary N) is 1. The molecule has 1 aromatic rings. The van der Waals surface area contributed by atoms with Crippen molar-refractivity contribution < 1.29 is 0 Å². The Bertz CT molecular complexity index is 224. The predicted octanol–water partition coefficient (Wildman–Crippen LogP) is 2.68. The Morgan fingerprint density at radius 1 is 1.54 bits per heavy atom. The van der Waals surface area contributed by atoms with Crippen molar-refractivity contribution in [1.29, 1.82) is 0 Å². The summed E-state index contributed by atoms with van der Waals surface area (Å²) in [5.41, 5.74) is 0. The maximum Gasteiger partial charge on any atom is 0.00453 e. The SMILES string of the molecule is c1csc(CCC2CCCNC2)c1. The Labute approximate surface area is 84.2 Å². The molecule has 13 heavy (non-hydrogen) atoms. The molecule has 0 radical (unpaired) electrons. The van der Waals surface area contributed by atoms with E-state index in [0.29, 0.717) is 0 Å². The Balaban J connectivity index is 1.72. The topological polar surface area (TPSA) is 12.0 Å². The smallest absolute Gasteiger partial charge is 0.00453 e. The summed E-state index contributed by atoms with van der Waals surface area (Å²) in [5.74, 6) is 0.927. The van der Waals surface area contributed by atoms with Crippen molar-refractivity contribution in [1.82, 2.24) is 5.32 Å². The third-order valence-electron chi connectivity index (χ3n) is 2.78. The fourth-order valence-electron chi connectivity index (χ4n) is 1.97. The van der Waals surface area contributed by atoms with Crippen LogP contribution >= 0.6 is 11.3 Å². The molecule has 1 aromatic heterocycles. The summed E-state index contributed by atoms with van der Waals surface area (Å²) in [6.45, 7) is 2.47. The van der Waals surface area contributed by atoms with Crippen LogP contribution in [0.5, 0.6) is 0 Å². The molecule has 2 rings (SSSR count). The van der Waals surface area contributed by atoms with Crippen molar-refractivity contribution in [3.63, 3.8) is 0 Å². The minimum absolute atomic E-state index is 0.927. The van der Waals surface area contributed by atoms with Crippen molar-refractivity contribution in [2.75, 3.05) is 13.1 Å². The molecule has 0 amide bonds. The first kappa shape index (κ1) is 9.22. The van der Waals surface area contributed by atoms with Gasteiger partial charge in [0.2, 0.25) is 0 Å². The van der Waals surface area contributed by atoms with E-state index in [2.05, 4.69) is 22.8 Å². The molecular formula is C11H17NS. The largest absolute Gasteiger partial charge is 0.316 e. The minimum atomic E-state index is 0.927. The van der Waals surface area contributed by atoms with Crippen LogP contribution in [0.4, 0.5) is 0 Å². The summed E-state index contributed by atoms with van der Waals surface area (Å²) >= 11 is 1.89. The first-order valence-corrected chi connectivity index (χ1v) is 6.06. The number of hydrogen-bond donors (Lipinski definition) is 1. The van der Waals surface area contributed by atoms with Crippen molar-refractivity contribution >= 4 is 11.3 Å². The van der Waals surface area contributed by atoms with Crippen LogP contribution in [-0.2, 0) is 6.42 Å². The van der Waals surface area contributed by atoms with Crippen LogP contribution in [0.15, 0.2) is 17.5 Å². The number of rotatable bonds is 3. The van der Waals surface area contributed by atoms with Gasteiger partial charge in [-0.15, -0.1) is 11.3 Å². The quantitative estimate of drug-likeness (QED) is 0.782. The first-order chi connectivity index (χ1) is 6.45. The van der Waals surface area contributed by atoms with Crippen LogP contribution < -0.4 is 5.32 Å². The maximum absolute atomic E-state index is 3.47. The van der Waals surface area contributed by atoms with E-state index in [-0.39, 0.29) is 0 Å². The average Bonchev–Trinajstić information content (AvgIpc) is 2.69. The van der Waals surface area contributed by atoms with Crippen molar-refractivity contribution in [3.05, 3.63) is 22.4 Å². The summed E-state index contributed by atoms with van der Waals surface area (Å²) in [5, 5.41) is 5.64. The zero-order chi connectivity index (χ0) is 8.93. The second-order valence-corrected chi connectivity index (χ2v) is 4.86. The van der Waals surface area contributed by atoms with Gasteiger partial charge in [0.1, 0.15) is 0 Å². The third kappa shape index (κ3) is 2.82. The van der Waals surface area contributed by atoms with E-state index in [1.165, 1.54) is 38.8 Å². The molecule has 0 bridgehead atoms. The van der Waals surface area contributed by atoms with Gasteiger partial charge in [-0.2, -0.15) is 0 Å². The number of hydrogen-bond acceptors (Lipinski definition) is 2. The monoisotopic (exact) mass is 195 g/mol. The number of thiophene rings is 1. The molecule has 1 aliphatic rings. The maximum atomic E-state index is 3.47. The molecule has 1 saturated heterocycles. The van der Waals surface area contributed by atoms with Crippen molar-refractivity contribution in [2.45, 2.75) is 25.7 Å². The second kappa shape index (κ2) is 4.77. The summed E-state index contributed by atoms with van der Waals surface area (Å²) in [4.78, 5) is 1.55. The molecule has 0 spiro atoms. The van der Waals surface area contributed by atoms with Crippen LogP contribution in [0.2, 0.25) is 0 Å². The minimum Gasteiger partial charge on any atom is -0.316 e. The standard InChI is InChI=1S/C11H17NS/c1-3-10(9-12-7-1)5-6-11-4-2-8-13-11/h2,4,8,10,12H,1,3,5-7,9H2. The molecule has 0 saturated carbocycles. The summed E-state index contributed by atoms with van der Waals surface area (Å²) in [6.07, 6.45) is 5.45. The van der Waals surface area contributed by atoms with E-state index in [0.717, 1.165) is 5.92 Å². The van der Waals surface area contributed by atoms with E-state index in [1.54, 1.807) is 4.88 Å². The fraction of sp³-hybridized carbons (Fsp3) is 0.636. The van der Waals surface area contributed by atoms with Gasteiger partial charge >= 0.3 is 0 Å². The highest BCUT2D eigenvalue weighted by Crippen LogP contribution is 2.19. The van der Waals surface area contributed by atoms with Crippen LogP contribution in [-0.4, -0.2) is 13.1 Å². The highest BCUT2D eigenvalue weighted by atomic mass is 32.1. The van der Waals surface area contributed by atoms with Gasteiger partial charge in [-0.3, -0.25) is 0 Å². The van der Waals surface area contributed by atoms with Gasteiger partial charge in [-0.1, -0.05) is 6.07 Å². The lowest BCUT2D eigenvalue weighted by molar-refractivity contribution is 0.359. The average molecular weight is 195 g/mol. The lowest BCUT2D eigenvalue weighted by Gasteiger charge is -2.22.